The van der Waals surface area contributed by atoms with Gasteiger partial charge in [-0.3, -0.25) is 0 Å². The summed E-state index contributed by atoms with van der Waals surface area (Å²) in [6.07, 6.45) is 2.18. The number of ether oxygens (including phenoxy) is 1. The molecule has 1 aromatic heterocycles. The highest BCUT2D eigenvalue weighted by Crippen LogP contribution is 2.21. The van der Waals surface area contributed by atoms with Crippen LogP contribution in [-0.2, 0) is 20.6 Å². The average molecular weight is 291 g/mol. The van der Waals surface area contributed by atoms with E-state index < -0.39 is 10.0 Å². The standard InChI is InChI=1S/C11H15ClN2O3S/c1-17-10-4-5-14(8-10)18(15,16)11-3-2-9(6-12)7-13-11/h2-3,7,10H,4-6,8H2,1H3. The highest BCUT2D eigenvalue weighted by molar-refractivity contribution is 7.89. The van der Waals surface area contributed by atoms with E-state index in [1.165, 1.54) is 16.6 Å². The van der Waals surface area contributed by atoms with Crippen molar-refractivity contribution in [1.29, 1.82) is 0 Å². The molecule has 1 aromatic rings. The average Bonchev–Trinajstić information content (AvgIpc) is 2.88. The minimum absolute atomic E-state index is 0.0260. The van der Waals surface area contributed by atoms with E-state index in [4.69, 9.17) is 16.3 Å². The molecule has 0 aromatic carbocycles. The number of nitrogens with zero attached hydrogens (tertiary/aromatic N) is 2. The van der Waals surface area contributed by atoms with E-state index in [0.717, 1.165) is 12.0 Å². The van der Waals surface area contributed by atoms with Gasteiger partial charge in [0.15, 0.2) is 5.03 Å². The van der Waals surface area contributed by atoms with E-state index in [0.29, 0.717) is 19.0 Å². The number of rotatable bonds is 4. The molecule has 2 heterocycles. The summed E-state index contributed by atoms with van der Waals surface area (Å²) in [7, 11) is -1.92. The third kappa shape index (κ3) is 2.66. The van der Waals surface area contributed by atoms with Gasteiger partial charge in [-0.2, -0.15) is 4.31 Å². The SMILES string of the molecule is COC1CCN(S(=O)(=O)c2ccc(CCl)cn2)C1. The highest BCUT2D eigenvalue weighted by Gasteiger charge is 2.33. The Kier molecular flexibility index (Phi) is 4.21. The Morgan fingerprint density at radius 3 is 2.83 bits per heavy atom. The monoisotopic (exact) mass is 290 g/mol. The number of hydrogen-bond donors (Lipinski definition) is 0. The van der Waals surface area contributed by atoms with Gasteiger partial charge in [0.1, 0.15) is 0 Å². The molecule has 0 N–H and O–H groups in total. The first-order chi connectivity index (χ1) is 8.57. The van der Waals surface area contributed by atoms with Crippen LogP contribution in [0.2, 0.25) is 0 Å². The van der Waals surface area contributed by atoms with Crippen LogP contribution in [0.25, 0.3) is 0 Å². The molecule has 1 saturated heterocycles. The van der Waals surface area contributed by atoms with Crippen LogP contribution in [0.15, 0.2) is 23.4 Å². The summed E-state index contributed by atoms with van der Waals surface area (Å²) in [5, 5.41) is 0.0631. The molecular weight excluding hydrogens is 276 g/mol. The smallest absolute Gasteiger partial charge is 0.260 e. The molecule has 0 bridgehead atoms. The van der Waals surface area contributed by atoms with Crippen molar-refractivity contribution in [3.63, 3.8) is 0 Å². The van der Waals surface area contributed by atoms with Gasteiger partial charge < -0.3 is 4.74 Å². The zero-order chi connectivity index (χ0) is 13.2. The first kappa shape index (κ1) is 13.7. The van der Waals surface area contributed by atoms with Crippen LogP contribution in [-0.4, -0.2) is 44.0 Å². The summed E-state index contributed by atoms with van der Waals surface area (Å²) in [5.41, 5.74) is 0.798. The zero-order valence-corrected chi connectivity index (χ0v) is 11.6. The molecule has 0 spiro atoms. The van der Waals surface area contributed by atoms with Crippen LogP contribution in [0, 0.1) is 0 Å². The summed E-state index contributed by atoms with van der Waals surface area (Å²) in [6, 6.07) is 3.17. The second kappa shape index (κ2) is 5.52. The maximum absolute atomic E-state index is 12.3. The summed E-state index contributed by atoms with van der Waals surface area (Å²) >= 11 is 5.64. The molecule has 0 radical (unpaired) electrons. The molecule has 0 amide bonds. The van der Waals surface area contributed by atoms with E-state index >= 15 is 0 Å². The first-order valence-corrected chi connectivity index (χ1v) is 7.59. The molecule has 0 saturated carbocycles. The van der Waals surface area contributed by atoms with Gasteiger partial charge in [0.2, 0.25) is 0 Å². The number of methoxy groups -OCH3 is 1. The van der Waals surface area contributed by atoms with Crippen molar-refractivity contribution < 1.29 is 13.2 Å². The van der Waals surface area contributed by atoms with Crippen LogP contribution in [0.5, 0.6) is 0 Å². The quantitative estimate of drug-likeness (QED) is 0.783. The fourth-order valence-electron chi connectivity index (χ4n) is 1.88. The van der Waals surface area contributed by atoms with Crippen molar-refractivity contribution in [3.8, 4) is 0 Å². The summed E-state index contributed by atoms with van der Waals surface area (Å²) in [5.74, 6) is 0.322. The van der Waals surface area contributed by atoms with Gasteiger partial charge in [0, 0.05) is 32.3 Å². The van der Waals surface area contributed by atoms with Gasteiger partial charge in [-0.25, -0.2) is 13.4 Å². The van der Waals surface area contributed by atoms with Gasteiger partial charge in [-0.1, -0.05) is 6.07 Å². The molecule has 5 nitrogen and oxygen atoms in total. The van der Waals surface area contributed by atoms with Gasteiger partial charge in [0.05, 0.1) is 6.10 Å². The molecule has 7 heteroatoms. The third-order valence-electron chi connectivity index (χ3n) is 3.00. The fraction of sp³-hybridized carbons (Fsp3) is 0.545. The predicted octanol–water partition coefficient (Wildman–Crippen LogP) is 1.23. The minimum Gasteiger partial charge on any atom is -0.380 e. The molecule has 1 fully saturated rings. The fourth-order valence-corrected chi connectivity index (χ4v) is 3.44. The van der Waals surface area contributed by atoms with Crippen molar-refractivity contribution in [1.82, 2.24) is 9.29 Å². The molecule has 100 valence electrons. The lowest BCUT2D eigenvalue weighted by atomic mass is 10.3. The van der Waals surface area contributed by atoms with Crippen molar-refractivity contribution in [2.24, 2.45) is 0 Å². The number of sulfonamides is 1. The van der Waals surface area contributed by atoms with E-state index in [-0.39, 0.29) is 11.1 Å². The maximum atomic E-state index is 12.3. The molecule has 2 rings (SSSR count). The van der Waals surface area contributed by atoms with Gasteiger partial charge in [0.25, 0.3) is 10.0 Å². The number of hydrogen-bond acceptors (Lipinski definition) is 4. The van der Waals surface area contributed by atoms with Crippen molar-refractivity contribution in [2.75, 3.05) is 20.2 Å². The van der Waals surface area contributed by atoms with Gasteiger partial charge in [-0.05, 0) is 18.1 Å². The Balaban J connectivity index is 2.20. The molecule has 1 aliphatic heterocycles. The Morgan fingerprint density at radius 2 is 2.33 bits per heavy atom. The van der Waals surface area contributed by atoms with E-state index in [1.807, 2.05) is 0 Å². The molecule has 1 unspecified atom stereocenters. The van der Waals surface area contributed by atoms with Crippen LogP contribution >= 0.6 is 11.6 Å². The van der Waals surface area contributed by atoms with Gasteiger partial charge in [-0.15, -0.1) is 11.6 Å². The maximum Gasteiger partial charge on any atom is 0.260 e. The first-order valence-electron chi connectivity index (χ1n) is 5.61. The summed E-state index contributed by atoms with van der Waals surface area (Å²) < 4.78 is 31.1. The Labute approximate surface area is 112 Å². The van der Waals surface area contributed by atoms with Crippen molar-refractivity contribution in [2.45, 2.75) is 23.4 Å². The summed E-state index contributed by atoms with van der Waals surface area (Å²) in [6.45, 7) is 0.859. The van der Waals surface area contributed by atoms with Crippen LogP contribution < -0.4 is 0 Å². The molecular formula is C11H15ClN2O3S. The predicted molar refractivity (Wildman–Crippen MR) is 68.0 cm³/mol. The van der Waals surface area contributed by atoms with Crippen molar-refractivity contribution in [3.05, 3.63) is 23.9 Å². The van der Waals surface area contributed by atoms with Crippen LogP contribution in [0.3, 0.4) is 0 Å². The Morgan fingerprint density at radius 1 is 1.56 bits per heavy atom. The topological polar surface area (TPSA) is 59.5 Å². The number of halogens is 1. The van der Waals surface area contributed by atoms with Crippen LogP contribution in [0.1, 0.15) is 12.0 Å². The molecule has 1 atom stereocenters. The Bertz CT molecular complexity index is 504. The Hall–Kier alpha value is -0.690. The lowest BCUT2D eigenvalue weighted by molar-refractivity contribution is 0.115. The molecule has 0 aliphatic carbocycles. The van der Waals surface area contributed by atoms with Crippen LogP contribution in [0.4, 0.5) is 0 Å². The molecule has 1 aliphatic rings. The largest absolute Gasteiger partial charge is 0.380 e. The lowest BCUT2D eigenvalue weighted by Gasteiger charge is -2.15. The second-order valence-corrected chi connectivity index (χ2v) is 6.30. The normalized spacial score (nSPS) is 21.3. The number of alkyl halides is 1. The van der Waals surface area contributed by atoms with E-state index in [9.17, 15) is 8.42 Å². The van der Waals surface area contributed by atoms with Crippen molar-refractivity contribution >= 4 is 21.6 Å². The summed E-state index contributed by atoms with van der Waals surface area (Å²) in [4.78, 5) is 3.96. The number of pyridine rings is 1. The third-order valence-corrected chi connectivity index (χ3v) is 5.09. The zero-order valence-electron chi connectivity index (χ0n) is 10.0. The van der Waals surface area contributed by atoms with Gasteiger partial charge >= 0.3 is 0 Å². The van der Waals surface area contributed by atoms with E-state index in [2.05, 4.69) is 4.98 Å². The highest BCUT2D eigenvalue weighted by atomic mass is 35.5. The van der Waals surface area contributed by atoms with E-state index in [1.54, 1.807) is 13.2 Å². The second-order valence-electron chi connectivity index (χ2n) is 4.15. The number of aromatic nitrogens is 1. The lowest BCUT2D eigenvalue weighted by Crippen LogP contribution is -2.30. The molecule has 18 heavy (non-hydrogen) atoms. The minimum atomic E-state index is -3.51.